The van der Waals surface area contributed by atoms with Crippen LogP contribution in [0.5, 0.6) is 0 Å². The largest absolute Gasteiger partial charge is 0.256 e. The molecule has 2 heteroatoms. The van der Waals surface area contributed by atoms with Crippen molar-refractivity contribution in [3.63, 3.8) is 0 Å². The van der Waals surface area contributed by atoms with Crippen molar-refractivity contribution in [2.75, 3.05) is 0 Å². The maximum atomic E-state index is 8.87. The van der Waals surface area contributed by atoms with Crippen LogP contribution in [0.15, 0.2) is 36.5 Å². The Morgan fingerprint density at radius 2 is 1.83 bits per heavy atom. The molecule has 0 radical (unpaired) electrons. The minimum atomic E-state index is -1.76. The van der Waals surface area contributed by atoms with Gasteiger partial charge in [-0.15, -0.1) is 0 Å². The van der Waals surface area contributed by atoms with E-state index in [0.717, 1.165) is 27.6 Å². The summed E-state index contributed by atoms with van der Waals surface area (Å²) in [5.74, 6) is -0.683. The van der Waals surface area contributed by atoms with Gasteiger partial charge in [0.25, 0.3) is 0 Å². The number of nitrogens with zero attached hydrogens (tertiary/aromatic N) is 1. The van der Waals surface area contributed by atoms with E-state index in [1.54, 1.807) is 0 Å². The molecule has 0 spiro atoms. The molecule has 1 nitrogen and oxygen atoms in total. The third-order valence-electron chi connectivity index (χ3n) is 3.96. The number of hydrogen-bond donors (Lipinski definition) is 0. The first-order valence-corrected chi connectivity index (χ1v) is 12.2. The quantitative estimate of drug-likeness (QED) is 0.620. The monoisotopic (exact) mass is 342 g/mol. The summed E-state index contributed by atoms with van der Waals surface area (Å²) in [5.41, 5.74) is 2.86. The lowest BCUT2D eigenvalue weighted by Gasteiger charge is -2.26. The van der Waals surface area contributed by atoms with Crippen molar-refractivity contribution in [2.24, 2.45) is 5.41 Å². The lowest BCUT2D eigenvalue weighted by atomic mass is 9.88. The SMILES string of the molecule is [2H]C(C)(C)c1cccc(-c2cc(C([2H])([2H])C(C)(C)C)c([Si](C)(C)C)cn2)c1. The minimum absolute atomic E-state index is 0.523. The standard InChI is InChI=1S/C22H33NSi/c1-16(2)17-10-9-11-18(12-17)20-13-19(14-22(3,4)5)21(15-23-20)24(6,7)8/h9-13,15-16H,14H2,1-8H3/i14D2,16D. The van der Waals surface area contributed by atoms with E-state index in [0.29, 0.717) is 0 Å². The molecule has 130 valence electrons. The first-order valence-electron chi connectivity index (χ1n) is 10.2. The molecule has 0 atom stereocenters. The van der Waals surface area contributed by atoms with E-state index in [2.05, 4.69) is 19.6 Å². The fourth-order valence-electron chi connectivity index (χ4n) is 2.71. The summed E-state index contributed by atoms with van der Waals surface area (Å²) in [4.78, 5) is 4.70. The van der Waals surface area contributed by atoms with E-state index in [-0.39, 0.29) is 0 Å². The Kier molecular flexibility index (Phi) is 4.24. The Hall–Kier alpha value is -1.41. The molecule has 2 rings (SSSR count). The zero-order valence-corrected chi connectivity index (χ0v) is 17.4. The average Bonchev–Trinajstić information content (AvgIpc) is 2.51. The lowest BCUT2D eigenvalue weighted by molar-refractivity contribution is 0.412. The topological polar surface area (TPSA) is 12.9 Å². The molecule has 0 fully saturated rings. The summed E-state index contributed by atoms with van der Waals surface area (Å²) in [6.07, 6.45) is 0.422. The maximum Gasteiger partial charge on any atom is 0.0799 e. The Bertz CT molecular complexity index is 825. The summed E-state index contributed by atoms with van der Waals surface area (Å²) >= 11 is 0. The Labute approximate surface area is 153 Å². The highest BCUT2D eigenvalue weighted by molar-refractivity contribution is 6.89. The molecule has 0 saturated heterocycles. The van der Waals surface area contributed by atoms with E-state index in [9.17, 15) is 0 Å². The Morgan fingerprint density at radius 1 is 1.17 bits per heavy atom. The summed E-state index contributed by atoms with van der Waals surface area (Å²) in [7, 11) is -1.76. The number of pyridine rings is 1. The predicted molar refractivity (Wildman–Crippen MR) is 110 cm³/mol. The predicted octanol–water partition coefficient (Wildman–Crippen LogP) is 6.01. The molecule has 0 aliphatic heterocycles. The maximum absolute atomic E-state index is 8.87. The van der Waals surface area contributed by atoms with Gasteiger partial charge < -0.3 is 0 Å². The number of rotatable bonds is 4. The molecule has 1 aromatic heterocycles. The molecule has 2 aromatic rings. The van der Waals surface area contributed by atoms with Gasteiger partial charge in [-0.25, -0.2) is 0 Å². The summed E-state index contributed by atoms with van der Waals surface area (Å²) < 4.78 is 26.0. The van der Waals surface area contributed by atoms with Crippen LogP contribution in [0.25, 0.3) is 11.3 Å². The second-order valence-corrected chi connectivity index (χ2v) is 13.9. The summed E-state index contributed by atoms with van der Waals surface area (Å²) in [6, 6.07) is 9.84. The van der Waals surface area contributed by atoms with E-state index >= 15 is 0 Å². The Balaban J connectivity index is 2.71. The second-order valence-electron chi connectivity index (χ2n) is 8.82. The average molecular weight is 343 g/mol. The van der Waals surface area contributed by atoms with E-state index in [1.165, 1.54) is 0 Å². The van der Waals surface area contributed by atoms with Crippen molar-refractivity contribution < 1.29 is 4.11 Å². The van der Waals surface area contributed by atoms with Crippen LogP contribution in [0.3, 0.4) is 0 Å². The van der Waals surface area contributed by atoms with Crippen molar-refractivity contribution in [2.45, 2.75) is 66.5 Å². The van der Waals surface area contributed by atoms with Gasteiger partial charge in [0.05, 0.1) is 13.8 Å². The van der Waals surface area contributed by atoms with Gasteiger partial charge in [-0.2, -0.15) is 0 Å². The second kappa shape index (κ2) is 6.83. The number of hydrogen-bond acceptors (Lipinski definition) is 1. The fourth-order valence-corrected chi connectivity index (χ4v) is 4.10. The van der Waals surface area contributed by atoms with Crippen LogP contribution in [0, 0.1) is 5.41 Å². The zero-order chi connectivity index (χ0) is 20.8. The third-order valence-corrected chi connectivity index (χ3v) is 5.97. The first kappa shape index (κ1) is 14.9. The Morgan fingerprint density at radius 3 is 2.38 bits per heavy atom. The highest BCUT2D eigenvalue weighted by atomic mass is 28.3. The normalized spacial score (nSPS) is 15.6. The van der Waals surface area contributed by atoms with Gasteiger partial charge in [-0.05, 0) is 46.1 Å². The highest BCUT2D eigenvalue weighted by Crippen LogP contribution is 2.26. The zero-order valence-electron chi connectivity index (χ0n) is 19.4. The van der Waals surface area contributed by atoms with Crippen LogP contribution in [0.2, 0.25) is 19.6 Å². The van der Waals surface area contributed by atoms with Gasteiger partial charge in [0.2, 0.25) is 0 Å². The number of aromatic nitrogens is 1. The molecule has 0 aliphatic rings. The van der Waals surface area contributed by atoms with Gasteiger partial charge in [0, 0.05) is 15.9 Å². The first-order chi connectivity index (χ1) is 12.0. The molecule has 0 bridgehead atoms. The minimum Gasteiger partial charge on any atom is -0.256 e. The van der Waals surface area contributed by atoms with Crippen molar-refractivity contribution in [3.05, 3.63) is 47.7 Å². The van der Waals surface area contributed by atoms with Gasteiger partial charge in [-0.1, -0.05) is 72.5 Å². The van der Waals surface area contributed by atoms with Crippen LogP contribution in [0.1, 0.15) is 55.8 Å². The van der Waals surface area contributed by atoms with Gasteiger partial charge in [0.15, 0.2) is 0 Å². The highest BCUT2D eigenvalue weighted by Gasteiger charge is 2.24. The van der Waals surface area contributed by atoms with Crippen LogP contribution in [0.4, 0.5) is 0 Å². The molecule has 0 N–H and O–H groups in total. The van der Waals surface area contributed by atoms with E-state index in [1.807, 2.05) is 71.1 Å². The van der Waals surface area contributed by atoms with Crippen molar-refractivity contribution in [1.29, 1.82) is 0 Å². The van der Waals surface area contributed by atoms with Gasteiger partial charge in [-0.3, -0.25) is 4.98 Å². The van der Waals surface area contributed by atoms with Gasteiger partial charge in [0.1, 0.15) is 0 Å². The summed E-state index contributed by atoms with van der Waals surface area (Å²) in [5, 5.41) is 1.07. The van der Waals surface area contributed by atoms with Crippen LogP contribution in [-0.2, 0) is 6.37 Å². The molecule has 0 aliphatic carbocycles. The molecule has 0 unspecified atom stereocenters. The number of benzene rings is 1. The molecule has 0 amide bonds. The van der Waals surface area contributed by atoms with Crippen molar-refractivity contribution in [3.8, 4) is 11.3 Å². The molecule has 1 heterocycles. The molecule has 24 heavy (non-hydrogen) atoms. The molecular formula is C22H33NSi. The third kappa shape index (κ3) is 4.79. The van der Waals surface area contributed by atoms with E-state index in [4.69, 9.17) is 9.10 Å². The molecule has 1 aromatic carbocycles. The van der Waals surface area contributed by atoms with Crippen molar-refractivity contribution >= 4 is 13.3 Å². The van der Waals surface area contributed by atoms with E-state index < -0.39 is 25.8 Å². The smallest absolute Gasteiger partial charge is 0.0799 e. The van der Waals surface area contributed by atoms with Crippen LogP contribution >= 0.6 is 0 Å². The summed E-state index contributed by atoms with van der Waals surface area (Å²) in [6.45, 7) is 16.3. The van der Waals surface area contributed by atoms with Gasteiger partial charge >= 0.3 is 0 Å². The van der Waals surface area contributed by atoms with Crippen LogP contribution in [-0.4, -0.2) is 13.1 Å². The van der Waals surface area contributed by atoms with Crippen molar-refractivity contribution in [1.82, 2.24) is 4.98 Å². The van der Waals surface area contributed by atoms with Crippen LogP contribution < -0.4 is 5.19 Å². The lowest BCUT2D eigenvalue weighted by Crippen LogP contribution is -2.41. The fraction of sp³-hybridized carbons (Fsp3) is 0.500. The molecular weight excluding hydrogens is 306 g/mol. The molecule has 0 saturated carbocycles.